The highest BCUT2D eigenvalue weighted by Crippen LogP contribution is 2.18. The van der Waals surface area contributed by atoms with Crippen LogP contribution in [0, 0.1) is 17.2 Å². The lowest BCUT2D eigenvalue weighted by atomic mass is 9.86. The van der Waals surface area contributed by atoms with Gasteiger partial charge in [0.05, 0.1) is 6.07 Å². The van der Waals surface area contributed by atoms with Crippen LogP contribution in [0.1, 0.15) is 34.1 Å². The van der Waals surface area contributed by atoms with Gasteiger partial charge in [0.25, 0.3) is 0 Å². The maximum Gasteiger partial charge on any atom is 0.106 e. The second-order valence-electron chi connectivity index (χ2n) is 3.15. The molecule has 0 aliphatic heterocycles. The van der Waals surface area contributed by atoms with E-state index in [-0.39, 0.29) is 5.54 Å². The molecule has 0 aromatic rings. The predicted octanol–water partition coefficient (Wildman–Crippen LogP) is 1.92. The molecule has 2 heteroatoms. The molecular formula is C9H18N2. The van der Waals surface area contributed by atoms with E-state index >= 15 is 0 Å². The predicted molar refractivity (Wildman–Crippen MR) is 47.1 cm³/mol. The second-order valence-corrected chi connectivity index (χ2v) is 3.15. The zero-order valence-electron chi connectivity index (χ0n) is 7.94. The molecule has 0 saturated carbocycles. The van der Waals surface area contributed by atoms with E-state index in [9.17, 15) is 0 Å². The number of nitrogens with zero attached hydrogens (tertiary/aromatic N) is 1. The first-order chi connectivity index (χ1) is 5.10. The van der Waals surface area contributed by atoms with E-state index in [0.29, 0.717) is 5.92 Å². The van der Waals surface area contributed by atoms with Crippen LogP contribution in [0.5, 0.6) is 0 Å². The van der Waals surface area contributed by atoms with Crippen molar-refractivity contribution in [3.05, 3.63) is 0 Å². The van der Waals surface area contributed by atoms with Gasteiger partial charge in [-0.1, -0.05) is 27.2 Å². The van der Waals surface area contributed by atoms with Crippen molar-refractivity contribution in [3.8, 4) is 6.07 Å². The van der Waals surface area contributed by atoms with E-state index in [2.05, 4.69) is 25.2 Å². The SMILES string of the molecule is CCNC(C)(C#N)C(C)CC. The van der Waals surface area contributed by atoms with Gasteiger partial charge in [0.15, 0.2) is 0 Å². The van der Waals surface area contributed by atoms with Crippen LogP contribution in [-0.2, 0) is 0 Å². The molecule has 0 saturated heterocycles. The van der Waals surface area contributed by atoms with Gasteiger partial charge in [-0.2, -0.15) is 5.26 Å². The lowest BCUT2D eigenvalue weighted by molar-refractivity contribution is 0.315. The molecule has 0 aliphatic rings. The summed E-state index contributed by atoms with van der Waals surface area (Å²) in [5.74, 6) is 0.410. The number of rotatable bonds is 4. The Balaban J connectivity index is 4.22. The average Bonchev–Trinajstić information content (AvgIpc) is 2.03. The summed E-state index contributed by atoms with van der Waals surface area (Å²) < 4.78 is 0. The van der Waals surface area contributed by atoms with Gasteiger partial charge in [-0.15, -0.1) is 0 Å². The third-order valence-electron chi connectivity index (χ3n) is 2.37. The molecule has 0 aromatic heterocycles. The summed E-state index contributed by atoms with van der Waals surface area (Å²) in [6.07, 6.45) is 1.04. The van der Waals surface area contributed by atoms with Crippen LogP contribution in [0.25, 0.3) is 0 Å². The molecule has 0 aliphatic carbocycles. The van der Waals surface area contributed by atoms with Crippen LogP contribution >= 0.6 is 0 Å². The monoisotopic (exact) mass is 154 g/mol. The Kier molecular flexibility index (Phi) is 4.14. The number of nitrogens with one attached hydrogen (secondary N) is 1. The van der Waals surface area contributed by atoms with E-state index in [1.165, 1.54) is 0 Å². The lowest BCUT2D eigenvalue weighted by Crippen LogP contribution is -2.46. The van der Waals surface area contributed by atoms with Crippen LogP contribution in [0.2, 0.25) is 0 Å². The van der Waals surface area contributed by atoms with Crippen LogP contribution in [0.4, 0.5) is 0 Å². The topological polar surface area (TPSA) is 35.8 Å². The van der Waals surface area contributed by atoms with Crippen molar-refractivity contribution < 1.29 is 0 Å². The van der Waals surface area contributed by atoms with Gasteiger partial charge >= 0.3 is 0 Å². The Morgan fingerprint density at radius 1 is 1.55 bits per heavy atom. The minimum absolute atomic E-state index is 0.344. The van der Waals surface area contributed by atoms with Crippen molar-refractivity contribution in [2.45, 2.75) is 39.7 Å². The molecule has 2 nitrogen and oxygen atoms in total. The zero-order valence-corrected chi connectivity index (χ0v) is 7.94. The van der Waals surface area contributed by atoms with Crippen LogP contribution < -0.4 is 5.32 Å². The maximum atomic E-state index is 8.91. The van der Waals surface area contributed by atoms with Crippen LogP contribution in [0.3, 0.4) is 0 Å². The number of nitriles is 1. The first-order valence-electron chi connectivity index (χ1n) is 4.27. The molecule has 1 N–H and O–H groups in total. The average molecular weight is 154 g/mol. The Hall–Kier alpha value is -0.550. The van der Waals surface area contributed by atoms with Gasteiger partial charge in [0.1, 0.15) is 5.54 Å². The Morgan fingerprint density at radius 3 is 2.36 bits per heavy atom. The molecular weight excluding hydrogens is 136 g/mol. The van der Waals surface area contributed by atoms with Gasteiger partial charge < -0.3 is 0 Å². The molecule has 0 aromatic carbocycles. The molecule has 0 rings (SSSR count). The van der Waals surface area contributed by atoms with E-state index in [4.69, 9.17) is 5.26 Å². The van der Waals surface area contributed by atoms with E-state index in [0.717, 1.165) is 13.0 Å². The molecule has 0 heterocycles. The molecule has 2 unspecified atom stereocenters. The highest BCUT2D eigenvalue weighted by atomic mass is 15.0. The highest BCUT2D eigenvalue weighted by Gasteiger charge is 2.28. The van der Waals surface area contributed by atoms with Crippen molar-refractivity contribution >= 4 is 0 Å². The fourth-order valence-electron chi connectivity index (χ4n) is 1.10. The second kappa shape index (κ2) is 4.35. The number of hydrogen-bond acceptors (Lipinski definition) is 2. The quantitative estimate of drug-likeness (QED) is 0.671. The Labute approximate surface area is 69.6 Å². The summed E-state index contributed by atoms with van der Waals surface area (Å²) in [7, 11) is 0. The van der Waals surface area contributed by atoms with Gasteiger partial charge in [-0.05, 0) is 19.4 Å². The fourth-order valence-corrected chi connectivity index (χ4v) is 1.10. The first kappa shape index (κ1) is 10.4. The minimum Gasteiger partial charge on any atom is -0.300 e. The Bertz CT molecular complexity index is 148. The van der Waals surface area contributed by atoms with Crippen molar-refractivity contribution in [2.24, 2.45) is 5.92 Å². The minimum atomic E-state index is -0.344. The lowest BCUT2D eigenvalue weighted by Gasteiger charge is -2.28. The summed E-state index contributed by atoms with van der Waals surface area (Å²) in [6.45, 7) is 9.06. The molecule has 11 heavy (non-hydrogen) atoms. The fraction of sp³-hybridized carbons (Fsp3) is 0.889. The summed E-state index contributed by atoms with van der Waals surface area (Å²) >= 11 is 0. The van der Waals surface area contributed by atoms with E-state index in [1.54, 1.807) is 0 Å². The zero-order chi connectivity index (χ0) is 8.91. The molecule has 64 valence electrons. The molecule has 0 fully saturated rings. The molecule has 0 radical (unpaired) electrons. The van der Waals surface area contributed by atoms with Crippen LogP contribution in [0.15, 0.2) is 0 Å². The molecule has 2 atom stereocenters. The van der Waals surface area contributed by atoms with Gasteiger partial charge in [-0.25, -0.2) is 0 Å². The van der Waals surface area contributed by atoms with Gasteiger partial charge in [0, 0.05) is 0 Å². The molecule has 0 amide bonds. The van der Waals surface area contributed by atoms with E-state index < -0.39 is 0 Å². The van der Waals surface area contributed by atoms with Gasteiger partial charge in [-0.3, -0.25) is 5.32 Å². The van der Waals surface area contributed by atoms with Gasteiger partial charge in [0.2, 0.25) is 0 Å². The van der Waals surface area contributed by atoms with Crippen molar-refractivity contribution in [1.82, 2.24) is 5.32 Å². The van der Waals surface area contributed by atoms with E-state index in [1.807, 2.05) is 13.8 Å². The first-order valence-corrected chi connectivity index (χ1v) is 4.27. The standard InChI is InChI=1S/C9H18N2/c1-5-8(3)9(4,7-10)11-6-2/h8,11H,5-6H2,1-4H3. The summed E-state index contributed by atoms with van der Waals surface area (Å²) in [5, 5.41) is 12.1. The number of hydrogen-bond donors (Lipinski definition) is 1. The Morgan fingerprint density at radius 2 is 2.09 bits per heavy atom. The third kappa shape index (κ3) is 2.51. The van der Waals surface area contributed by atoms with Crippen molar-refractivity contribution in [2.75, 3.05) is 6.54 Å². The smallest absolute Gasteiger partial charge is 0.106 e. The maximum absolute atomic E-state index is 8.91. The third-order valence-corrected chi connectivity index (χ3v) is 2.37. The summed E-state index contributed by atoms with van der Waals surface area (Å²) in [6, 6.07) is 2.32. The summed E-state index contributed by atoms with van der Waals surface area (Å²) in [4.78, 5) is 0. The highest BCUT2D eigenvalue weighted by molar-refractivity contribution is 5.06. The van der Waals surface area contributed by atoms with Crippen LogP contribution in [-0.4, -0.2) is 12.1 Å². The molecule has 0 spiro atoms. The van der Waals surface area contributed by atoms with Crippen molar-refractivity contribution in [1.29, 1.82) is 5.26 Å². The normalized spacial score (nSPS) is 18.5. The summed E-state index contributed by atoms with van der Waals surface area (Å²) in [5.41, 5.74) is -0.344. The largest absolute Gasteiger partial charge is 0.300 e. The molecule has 0 bridgehead atoms. The van der Waals surface area contributed by atoms with Crippen molar-refractivity contribution in [3.63, 3.8) is 0 Å².